The van der Waals surface area contributed by atoms with Crippen molar-refractivity contribution in [2.24, 2.45) is 0 Å². The Kier molecular flexibility index (Phi) is 7.85. The molecule has 35 heavy (non-hydrogen) atoms. The summed E-state index contributed by atoms with van der Waals surface area (Å²) in [4.78, 5) is 60.4. The summed E-state index contributed by atoms with van der Waals surface area (Å²) in [7, 11) is 0. The second-order valence-corrected chi connectivity index (χ2v) is 8.93. The van der Waals surface area contributed by atoms with E-state index in [1.165, 1.54) is 17.6 Å². The van der Waals surface area contributed by atoms with Gasteiger partial charge in [-0.3, -0.25) is 14.9 Å². The first-order valence-corrected chi connectivity index (χ1v) is 12.3. The van der Waals surface area contributed by atoms with E-state index in [0.717, 1.165) is 0 Å². The molecule has 2 aliphatic rings. The van der Waals surface area contributed by atoms with Crippen LogP contribution in [0.5, 0.6) is 0 Å². The zero-order valence-corrected chi connectivity index (χ0v) is 20.3. The van der Waals surface area contributed by atoms with E-state index in [1.807, 2.05) is 0 Å². The minimum atomic E-state index is -0.368. The van der Waals surface area contributed by atoms with Gasteiger partial charge in [0, 0.05) is 57.7 Å². The Hall–Kier alpha value is -3.61. The standard InChI is InChI=1S/C22H28N6O6S/c1-2-33-22(32)28-11-9-27(10-12-28)21(31)24-20-23-16(15-35-20)14-18(29)25-5-7-26(8-6-25)19(30)17-4-3-13-34-17/h3-4,13,15H,2,5-12,14H2,1H3,(H,23,24,31). The third-order valence-electron chi connectivity index (χ3n) is 5.84. The van der Waals surface area contributed by atoms with E-state index >= 15 is 0 Å². The highest BCUT2D eigenvalue weighted by Crippen LogP contribution is 2.18. The number of piperazine rings is 2. The second kappa shape index (κ2) is 11.2. The monoisotopic (exact) mass is 504 g/mol. The second-order valence-electron chi connectivity index (χ2n) is 8.07. The molecule has 0 atom stereocenters. The van der Waals surface area contributed by atoms with Gasteiger partial charge in [0.25, 0.3) is 5.91 Å². The van der Waals surface area contributed by atoms with E-state index in [0.29, 0.717) is 75.6 Å². The van der Waals surface area contributed by atoms with Crippen molar-refractivity contribution >= 4 is 40.4 Å². The summed E-state index contributed by atoms with van der Waals surface area (Å²) in [5, 5.41) is 4.94. The van der Waals surface area contributed by atoms with Gasteiger partial charge in [-0.15, -0.1) is 11.3 Å². The van der Waals surface area contributed by atoms with Crippen molar-refractivity contribution in [3.8, 4) is 0 Å². The third kappa shape index (κ3) is 6.10. The van der Waals surface area contributed by atoms with Gasteiger partial charge in [0.15, 0.2) is 10.9 Å². The van der Waals surface area contributed by atoms with Crippen LogP contribution in [0, 0.1) is 0 Å². The van der Waals surface area contributed by atoms with Gasteiger partial charge in [-0.25, -0.2) is 14.6 Å². The first-order valence-electron chi connectivity index (χ1n) is 11.5. The van der Waals surface area contributed by atoms with E-state index in [2.05, 4.69) is 10.3 Å². The number of urea groups is 1. The number of ether oxygens (including phenoxy) is 1. The van der Waals surface area contributed by atoms with Gasteiger partial charge in [-0.1, -0.05) is 0 Å². The molecule has 0 unspecified atom stereocenters. The highest BCUT2D eigenvalue weighted by Gasteiger charge is 2.27. The molecule has 188 valence electrons. The number of aromatic nitrogens is 1. The van der Waals surface area contributed by atoms with Crippen LogP contribution in [-0.2, 0) is 16.0 Å². The molecule has 2 fully saturated rings. The Bertz CT molecular complexity index is 1040. The van der Waals surface area contributed by atoms with Gasteiger partial charge in [-0.05, 0) is 19.1 Å². The Morgan fingerprint density at radius 1 is 1.00 bits per heavy atom. The number of carbonyl (C=O) groups is 4. The molecule has 2 aromatic rings. The van der Waals surface area contributed by atoms with Gasteiger partial charge < -0.3 is 28.8 Å². The van der Waals surface area contributed by atoms with Crippen LogP contribution in [0.2, 0.25) is 0 Å². The zero-order chi connectivity index (χ0) is 24.8. The predicted molar refractivity (Wildman–Crippen MR) is 126 cm³/mol. The van der Waals surface area contributed by atoms with Crippen molar-refractivity contribution in [2.45, 2.75) is 13.3 Å². The van der Waals surface area contributed by atoms with Crippen molar-refractivity contribution in [1.29, 1.82) is 0 Å². The number of nitrogens with zero attached hydrogens (tertiary/aromatic N) is 5. The molecule has 0 saturated carbocycles. The van der Waals surface area contributed by atoms with Crippen molar-refractivity contribution in [1.82, 2.24) is 24.6 Å². The third-order valence-corrected chi connectivity index (χ3v) is 6.65. The maximum Gasteiger partial charge on any atom is 0.409 e. The topological polar surface area (TPSA) is 129 Å². The number of furan rings is 1. The molecule has 5 amide bonds. The van der Waals surface area contributed by atoms with Gasteiger partial charge in [-0.2, -0.15) is 0 Å². The molecular weight excluding hydrogens is 476 g/mol. The summed E-state index contributed by atoms with van der Waals surface area (Å²) in [5.41, 5.74) is 0.580. The quantitative estimate of drug-likeness (QED) is 0.654. The van der Waals surface area contributed by atoms with Gasteiger partial charge in [0.1, 0.15) is 0 Å². The molecule has 4 rings (SSSR count). The highest BCUT2D eigenvalue weighted by atomic mass is 32.1. The SMILES string of the molecule is CCOC(=O)N1CCN(C(=O)Nc2nc(CC(=O)N3CCN(C(=O)c4ccco4)CC3)cs2)CC1. The highest BCUT2D eigenvalue weighted by molar-refractivity contribution is 7.13. The normalized spacial score (nSPS) is 16.3. The lowest BCUT2D eigenvalue weighted by atomic mass is 10.2. The van der Waals surface area contributed by atoms with E-state index in [1.54, 1.807) is 44.0 Å². The predicted octanol–water partition coefficient (Wildman–Crippen LogP) is 1.57. The van der Waals surface area contributed by atoms with Crippen LogP contribution in [0.15, 0.2) is 28.2 Å². The summed E-state index contributed by atoms with van der Waals surface area (Å²) in [6.07, 6.45) is 1.22. The lowest BCUT2D eigenvalue weighted by molar-refractivity contribution is -0.132. The molecule has 0 radical (unpaired) electrons. The van der Waals surface area contributed by atoms with Crippen LogP contribution in [0.25, 0.3) is 0 Å². The Morgan fingerprint density at radius 2 is 1.66 bits per heavy atom. The molecule has 0 spiro atoms. The molecule has 12 nitrogen and oxygen atoms in total. The lowest BCUT2D eigenvalue weighted by Crippen LogP contribution is -2.51. The van der Waals surface area contributed by atoms with Crippen LogP contribution in [0.1, 0.15) is 23.2 Å². The van der Waals surface area contributed by atoms with E-state index in [-0.39, 0.29) is 30.4 Å². The molecular formula is C22H28N6O6S. The molecule has 0 aromatic carbocycles. The number of carbonyl (C=O) groups excluding carboxylic acids is 4. The summed E-state index contributed by atoms with van der Waals surface area (Å²) in [6.45, 7) is 5.44. The fraction of sp³-hybridized carbons (Fsp3) is 0.500. The number of rotatable bonds is 5. The zero-order valence-electron chi connectivity index (χ0n) is 19.5. The van der Waals surface area contributed by atoms with Crippen molar-refractivity contribution in [3.05, 3.63) is 35.2 Å². The van der Waals surface area contributed by atoms with E-state index < -0.39 is 0 Å². The minimum Gasteiger partial charge on any atom is -0.459 e. The average Bonchev–Trinajstić information content (AvgIpc) is 3.56. The number of hydrogen-bond acceptors (Lipinski definition) is 8. The fourth-order valence-corrected chi connectivity index (χ4v) is 4.60. The first kappa shape index (κ1) is 24.5. The van der Waals surface area contributed by atoms with Crippen LogP contribution in [0.3, 0.4) is 0 Å². The Labute approximate surface area is 206 Å². The Balaban J connectivity index is 1.21. The first-order chi connectivity index (χ1) is 16.9. The lowest BCUT2D eigenvalue weighted by Gasteiger charge is -2.34. The number of thiazole rings is 1. The summed E-state index contributed by atoms with van der Waals surface area (Å²) < 4.78 is 10.2. The van der Waals surface area contributed by atoms with Crippen LogP contribution in [-0.4, -0.2) is 107 Å². The molecule has 1 N–H and O–H groups in total. The van der Waals surface area contributed by atoms with Gasteiger partial charge in [0.05, 0.1) is 25.0 Å². The van der Waals surface area contributed by atoms with E-state index in [4.69, 9.17) is 9.15 Å². The summed E-state index contributed by atoms with van der Waals surface area (Å²) in [6, 6.07) is 3.00. The smallest absolute Gasteiger partial charge is 0.409 e. The molecule has 0 aliphatic carbocycles. The number of nitrogens with one attached hydrogen (secondary N) is 1. The van der Waals surface area contributed by atoms with Crippen LogP contribution < -0.4 is 5.32 Å². The van der Waals surface area contributed by atoms with Crippen LogP contribution in [0.4, 0.5) is 14.7 Å². The average molecular weight is 505 g/mol. The van der Waals surface area contributed by atoms with E-state index in [9.17, 15) is 19.2 Å². The fourth-order valence-electron chi connectivity index (χ4n) is 3.90. The number of anilines is 1. The van der Waals surface area contributed by atoms with Crippen molar-refractivity contribution in [3.63, 3.8) is 0 Å². The number of hydrogen-bond donors (Lipinski definition) is 1. The molecule has 2 aromatic heterocycles. The summed E-state index contributed by atoms with van der Waals surface area (Å²) in [5.74, 6) is 0.0420. The maximum atomic E-state index is 12.7. The molecule has 2 aliphatic heterocycles. The van der Waals surface area contributed by atoms with Gasteiger partial charge in [0.2, 0.25) is 5.91 Å². The van der Waals surface area contributed by atoms with Crippen LogP contribution >= 0.6 is 11.3 Å². The van der Waals surface area contributed by atoms with Crippen molar-refractivity contribution < 1.29 is 28.3 Å². The number of amides is 5. The largest absolute Gasteiger partial charge is 0.459 e. The van der Waals surface area contributed by atoms with Gasteiger partial charge >= 0.3 is 12.1 Å². The Morgan fingerprint density at radius 3 is 2.31 bits per heavy atom. The summed E-state index contributed by atoms with van der Waals surface area (Å²) >= 11 is 1.26. The maximum absolute atomic E-state index is 12.7. The minimum absolute atomic E-state index is 0.0756. The molecule has 2 saturated heterocycles. The molecule has 4 heterocycles. The molecule has 0 bridgehead atoms. The van der Waals surface area contributed by atoms with Crippen molar-refractivity contribution in [2.75, 3.05) is 64.3 Å². The molecule has 13 heteroatoms.